The van der Waals surface area contributed by atoms with Crippen LogP contribution in [0.1, 0.15) is 60.7 Å². The lowest BCUT2D eigenvalue weighted by Gasteiger charge is -2.29. The van der Waals surface area contributed by atoms with Crippen LogP contribution in [0.15, 0.2) is 16.8 Å². The molecule has 1 aliphatic heterocycles. The number of rotatable bonds is 6. The van der Waals surface area contributed by atoms with Gasteiger partial charge in [-0.15, -0.1) is 0 Å². The fourth-order valence-electron chi connectivity index (χ4n) is 2.86. The third kappa shape index (κ3) is 4.13. The predicted molar refractivity (Wildman–Crippen MR) is 96.1 cm³/mol. The summed E-state index contributed by atoms with van der Waals surface area (Å²) in [4.78, 5) is 20.0. The van der Waals surface area contributed by atoms with E-state index in [1.54, 1.807) is 0 Å². The molecule has 0 saturated carbocycles. The van der Waals surface area contributed by atoms with Crippen LogP contribution in [-0.4, -0.2) is 34.2 Å². The van der Waals surface area contributed by atoms with Crippen molar-refractivity contribution >= 4 is 23.3 Å². The number of carbonyl (C=O) groups is 1. The molecule has 3 heterocycles. The number of nitrogens with one attached hydrogen (secondary N) is 1. The van der Waals surface area contributed by atoms with Crippen molar-refractivity contribution in [2.24, 2.45) is 11.7 Å². The van der Waals surface area contributed by atoms with Crippen molar-refractivity contribution in [1.29, 1.82) is 0 Å². The van der Waals surface area contributed by atoms with Crippen molar-refractivity contribution in [2.75, 3.05) is 18.5 Å². The molecule has 1 atom stereocenters. The Bertz CT molecular complexity index is 774. The molecule has 26 heavy (non-hydrogen) atoms. The van der Waals surface area contributed by atoms with Gasteiger partial charge < -0.3 is 20.3 Å². The molecule has 1 saturated heterocycles. The quantitative estimate of drug-likeness (QED) is 0.792. The minimum atomic E-state index is -0.578. The van der Waals surface area contributed by atoms with E-state index >= 15 is 0 Å². The minimum absolute atomic E-state index is 0.166. The Morgan fingerprint density at radius 1 is 1.38 bits per heavy atom. The maximum atomic E-state index is 11.3. The summed E-state index contributed by atoms with van der Waals surface area (Å²) in [7, 11) is 0. The van der Waals surface area contributed by atoms with Gasteiger partial charge in [0, 0.05) is 25.3 Å². The number of pyridine rings is 1. The molecule has 0 aliphatic carbocycles. The summed E-state index contributed by atoms with van der Waals surface area (Å²) in [6.45, 7) is 5.37. The highest BCUT2D eigenvalue weighted by Gasteiger charge is 2.31. The maximum Gasteiger partial charge on any atom is 0.250 e. The Morgan fingerprint density at radius 3 is 2.69 bits per heavy atom. The summed E-state index contributed by atoms with van der Waals surface area (Å²) in [5, 5.41) is 7.67. The van der Waals surface area contributed by atoms with Gasteiger partial charge in [-0.2, -0.15) is 4.98 Å². The van der Waals surface area contributed by atoms with Gasteiger partial charge in [0.2, 0.25) is 11.8 Å². The van der Waals surface area contributed by atoms with Gasteiger partial charge in [-0.05, 0) is 24.8 Å². The van der Waals surface area contributed by atoms with Crippen molar-refractivity contribution in [3.05, 3.63) is 34.6 Å². The van der Waals surface area contributed by atoms with Crippen LogP contribution in [0.3, 0.4) is 0 Å². The summed E-state index contributed by atoms with van der Waals surface area (Å²) >= 11 is 6.28. The van der Waals surface area contributed by atoms with Gasteiger partial charge in [-0.1, -0.05) is 30.6 Å². The van der Waals surface area contributed by atoms with Gasteiger partial charge in [0.1, 0.15) is 11.9 Å². The van der Waals surface area contributed by atoms with Crippen LogP contribution in [-0.2, 0) is 4.74 Å². The molecule has 0 bridgehead atoms. The van der Waals surface area contributed by atoms with Gasteiger partial charge >= 0.3 is 0 Å². The second kappa shape index (κ2) is 8.01. The van der Waals surface area contributed by atoms with Gasteiger partial charge in [0.05, 0.1) is 10.6 Å². The molecule has 0 aromatic carbocycles. The lowest BCUT2D eigenvalue weighted by Crippen LogP contribution is -2.28. The summed E-state index contributed by atoms with van der Waals surface area (Å²) < 4.78 is 11.0. The van der Waals surface area contributed by atoms with E-state index in [1.807, 2.05) is 13.8 Å². The van der Waals surface area contributed by atoms with E-state index in [0.29, 0.717) is 35.8 Å². The first-order valence-electron chi connectivity index (χ1n) is 8.59. The van der Waals surface area contributed by atoms with Crippen LogP contribution in [0.2, 0.25) is 5.02 Å². The SMILES string of the molecule is CC(C)c1noc([C@H](Nc2ncc(C(N)=O)cc2Cl)C2CCOCC2)n1. The van der Waals surface area contributed by atoms with Crippen LogP contribution in [0.4, 0.5) is 5.82 Å². The average Bonchev–Trinajstić information content (AvgIpc) is 3.11. The first kappa shape index (κ1) is 18.6. The van der Waals surface area contributed by atoms with E-state index in [0.717, 1.165) is 12.8 Å². The number of halogens is 1. The van der Waals surface area contributed by atoms with Crippen molar-refractivity contribution in [2.45, 2.75) is 38.6 Å². The predicted octanol–water partition coefficient (Wildman–Crippen LogP) is 2.92. The highest BCUT2D eigenvalue weighted by molar-refractivity contribution is 6.33. The zero-order valence-electron chi connectivity index (χ0n) is 14.7. The molecule has 1 amide bonds. The van der Waals surface area contributed by atoms with E-state index in [9.17, 15) is 4.79 Å². The summed E-state index contributed by atoms with van der Waals surface area (Å²) in [6.07, 6.45) is 3.10. The van der Waals surface area contributed by atoms with Gasteiger partial charge in [0.15, 0.2) is 5.82 Å². The van der Waals surface area contributed by atoms with E-state index in [1.165, 1.54) is 12.3 Å². The highest BCUT2D eigenvalue weighted by Crippen LogP contribution is 2.34. The smallest absolute Gasteiger partial charge is 0.250 e. The zero-order chi connectivity index (χ0) is 18.7. The van der Waals surface area contributed by atoms with E-state index in [-0.39, 0.29) is 23.4 Å². The molecule has 1 aliphatic rings. The number of ether oxygens (including phenoxy) is 1. The Morgan fingerprint density at radius 2 is 2.12 bits per heavy atom. The molecule has 3 rings (SSSR count). The van der Waals surface area contributed by atoms with Crippen LogP contribution in [0.5, 0.6) is 0 Å². The molecule has 8 nitrogen and oxygen atoms in total. The summed E-state index contributed by atoms with van der Waals surface area (Å²) in [6, 6.07) is 1.25. The van der Waals surface area contributed by atoms with Crippen LogP contribution >= 0.6 is 11.6 Å². The Kier molecular flexibility index (Phi) is 5.73. The van der Waals surface area contributed by atoms with Crippen LogP contribution < -0.4 is 11.1 Å². The Hall–Kier alpha value is -2.19. The zero-order valence-corrected chi connectivity index (χ0v) is 15.5. The lowest BCUT2D eigenvalue weighted by atomic mass is 9.91. The number of nitrogens with zero attached hydrogens (tertiary/aromatic N) is 3. The number of amides is 1. The van der Waals surface area contributed by atoms with E-state index in [4.69, 9.17) is 26.6 Å². The largest absolute Gasteiger partial charge is 0.381 e. The minimum Gasteiger partial charge on any atom is -0.381 e. The Balaban J connectivity index is 1.89. The Labute approximate surface area is 156 Å². The first-order valence-corrected chi connectivity index (χ1v) is 8.96. The van der Waals surface area contributed by atoms with Gasteiger partial charge in [-0.3, -0.25) is 4.79 Å². The molecule has 0 spiro atoms. The van der Waals surface area contributed by atoms with Crippen molar-refractivity contribution in [3.63, 3.8) is 0 Å². The topological polar surface area (TPSA) is 116 Å². The molecule has 2 aromatic heterocycles. The van der Waals surface area contributed by atoms with E-state index < -0.39 is 5.91 Å². The number of nitrogens with two attached hydrogens (primary N) is 1. The lowest BCUT2D eigenvalue weighted by molar-refractivity contribution is 0.0570. The average molecular weight is 380 g/mol. The second-order valence-corrected chi connectivity index (χ2v) is 7.04. The number of hydrogen-bond acceptors (Lipinski definition) is 7. The standard InChI is InChI=1S/C17H22ClN5O3/c1-9(2)15-22-17(26-23-15)13(10-3-5-25-6-4-10)21-16-12(18)7-11(8-20-16)14(19)24/h7-10,13H,3-6H2,1-2H3,(H2,19,24)(H,20,21)/t13-/m1/s1. The molecule has 0 unspecified atom stereocenters. The third-order valence-corrected chi connectivity index (χ3v) is 4.68. The third-order valence-electron chi connectivity index (χ3n) is 4.40. The van der Waals surface area contributed by atoms with Crippen LogP contribution in [0, 0.1) is 5.92 Å². The summed E-state index contributed by atoms with van der Waals surface area (Å²) in [5.41, 5.74) is 5.52. The molecular weight excluding hydrogens is 358 g/mol. The number of carbonyl (C=O) groups excluding carboxylic acids is 1. The van der Waals surface area contributed by atoms with Crippen molar-refractivity contribution in [3.8, 4) is 0 Å². The molecule has 9 heteroatoms. The summed E-state index contributed by atoms with van der Waals surface area (Å²) in [5.74, 6) is 1.42. The number of anilines is 1. The number of primary amides is 1. The highest BCUT2D eigenvalue weighted by atomic mass is 35.5. The van der Waals surface area contributed by atoms with Gasteiger partial charge in [0.25, 0.3) is 0 Å². The first-order chi connectivity index (χ1) is 12.5. The van der Waals surface area contributed by atoms with Crippen molar-refractivity contribution in [1.82, 2.24) is 15.1 Å². The van der Waals surface area contributed by atoms with Crippen LogP contribution in [0.25, 0.3) is 0 Å². The maximum absolute atomic E-state index is 11.3. The number of aromatic nitrogens is 3. The molecule has 3 N–H and O–H groups in total. The fourth-order valence-corrected chi connectivity index (χ4v) is 3.09. The fraction of sp³-hybridized carbons (Fsp3) is 0.529. The number of hydrogen-bond donors (Lipinski definition) is 2. The van der Waals surface area contributed by atoms with Gasteiger partial charge in [-0.25, -0.2) is 4.98 Å². The molecule has 140 valence electrons. The molecular formula is C17H22ClN5O3. The van der Waals surface area contributed by atoms with E-state index in [2.05, 4.69) is 20.4 Å². The molecule has 2 aromatic rings. The molecule has 0 radical (unpaired) electrons. The normalized spacial score (nSPS) is 16.6. The molecule has 1 fully saturated rings. The monoisotopic (exact) mass is 379 g/mol. The second-order valence-electron chi connectivity index (χ2n) is 6.64. The van der Waals surface area contributed by atoms with Crippen molar-refractivity contribution < 1.29 is 14.1 Å².